The Hall–Kier alpha value is -1.10. The second-order valence-corrected chi connectivity index (χ2v) is 8.13. The van der Waals surface area contributed by atoms with Crippen molar-refractivity contribution in [2.45, 2.75) is 70.3 Å². The number of rotatable bonds is 5. The molecule has 5 nitrogen and oxygen atoms in total. The molecule has 0 aromatic heterocycles. The highest BCUT2D eigenvalue weighted by Crippen LogP contribution is 2.44. The molecule has 0 aromatic rings. The molecule has 136 valence electrons. The summed E-state index contributed by atoms with van der Waals surface area (Å²) < 4.78 is 6.11. The van der Waals surface area contributed by atoms with Crippen molar-refractivity contribution < 1.29 is 24.5 Å². The molecule has 0 saturated heterocycles. The van der Waals surface area contributed by atoms with E-state index in [2.05, 4.69) is 0 Å². The molecular formula is C19H30O5. The first-order valence-electron chi connectivity index (χ1n) is 9.61. The van der Waals surface area contributed by atoms with Crippen molar-refractivity contribution in [2.24, 2.45) is 29.6 Å². The van der Waals surface area contributed by atoms with E-state index >= 15 is 0 Å². The second kappa shape index (κ2) is 7.85. The van der Waals surface area contributed by atoms with Gasteiger partial charge in [0, 0.05) is 0 Å². The van der Waals surface area contributed by atoms with E-state index in [-0.39, 0.29) is 12.5 Å². The molecule has 3 fully saturated rings. The molecule has 0 bridgehead atoms. The maximum Gasteiger partial charge on any atom is 0.306 e. The topological polar surface area (TPSA) is 83.8 Å². The van der Waals surface area contributed by atoms with Gasteiger partial charge in [0.1, 0.15) is 0 Å². The molecule has 0 spiro atoms. The van der Waals surface area contributed by atoms with Gasteiger partial charge < -0.3 is 14.9 Å². The van der Waals surface area contributed by atoms with Crippen molar-refractivity contribution >= 4 is 11.9 Å². The van der Waals surface area contributed by atoms with Crippen molar-refractivity contribution in [2.75, 3.05) is 6.61 Å². The second-order valence-electron chi connectivity index (χ2n) is 8.13. The van der Waals surface area contributed by atoms with Crippen LogP contribution in [-0.2, 0) is 14.3 Å². The summed E-state index contributed by atoms with van der Waals surface area (Å²) in [5, 5.41) is 18.6. The van der Waals surface area contributed by atoms with Crippen molar-refractivity contribution in [1.82, 2.24) is 0 Å². The molecule has 3 aliphatic rings. The van der Waals surface area contributed by atoms with Gasteiger partial charge in [-0.05, 0) is 49.9 Å². The highest BCUT2D eigenvalue weighted by molar-refractivity contribution is 5.74. The normalized spacial score (nSPS) is 39.8. The van der Waals surface area contributed by atoms with Crippen LogP contribution in [-0.4, -0.2) is 34.9 Å². The molecule has 5 atom stereocenters. The molecule has 24 heavy (non-hydrogen) atoms. The average Bonchev–Trinajstić information content (AvgIpc) is 2.59. The molecule has 0 heterocycles. The fraction of sp³-hybridized carbons (Fsp3) is 0.895. The van der Waals surface area contributed by atoms with Gasteiger partial charge in [-0.2, -0.15) is 0 Å². The summed E-state index contributed by atoms with van der Waals surface area (Å²) in [6, 6.07) is 0. The number of hydrogen-bond donors (Lipinski definition) is 2. The van der Waals surface area contributed by atoms with Crippen LogP contribution in [0.5, 0.6) is 0 Å². The van der Waals surface area contributed by atoms with Crippen molar-refractivity contribution in [1.29, 1.82) is 0 Å². The zero-order valence-corrected chi connectivity index (χ0v) is 14.4. The van der Waals surface area contributed by atoms with Crippen LogP contribution >= 0.6 is 0 Å². The monoisotopic (exact) mass is 338 g/mol. The quantitative estimate of drug-likeness (QED) is 0.800. The summed E-state index contributed by atoms with van der Waals surface area (Å²) in [6.07, 6.45) is 10.1. The fourth-order valence-electron chi connectivity index (χ4n) is 5.34. The zero-order chi connectivity index (χ0) is 17.1. The molecule has 2 N–H and O–H groups in total. The van der Waals surface area contributed by atoms with E-state index in [9.17, 15) is 19.8 Å². The minimum atomic E-state index is -0.889. The number of carbonyl (C=O) groups is 2. The molecular weight excluding hydrogens is 308 g/mol. The van der Waals surface area contributed by atoms with Gasteiger partial charge in [-0.1, -0.05) is 32.1 Å². The third kappa shape index (κ3) is 4.11. The number of ether oxygens (including phenoxy) is 1. The SMILES string of the molecule is O=C(O)C1CC(OCC2CCCC3CCCCC32)CC(C(=O)O)C1. The molecule has 0 aliphatic heterocycles. The Bertz CT molecular complexity index is 439. The standard InChI is InChI=1S/C19H30O5/c20-18(21)14-8-15(19(22)23)10-16(9-14)24-11-13-6-3-5-12-4-1-2-7-17(12)13/h12-17H,1-11H2,(H,20,21)(H,22,23). The summed E-state index contributed by atoms with van der Waals surface area (Å²) in [6.45, 7) is 0.685. The Morgan fingerprint density at radius 3 is 2.12 bits per heavy atom. The Kier molecular flexibility index (Phi) is 5.80. The smallest absolute Gasteiger partial charge is 0.306 e. The van der Waals surface area contributed by atoms with Crippen molar-refractivity contribution in [3.8, 4) is 0 Å². The zero-order valence-electron chi connectivity index (χ0n) is 14.4. The van der Waals surface area contributed by atoms with Gasteiger partial charge in [0.05, 0.1) is 24.5 Å². The molecule has 0 aromatic carbocycles. The van der Waals surface area contributed by atoms with E-state index in [4.69, 9.17) is 4.74 Å². The molecule has 5 unspecified atom stereocenters. The highest BCUT2D eigenvalue weighted by Gasteiger charge is 2.39. The summed E-state index contributed by atoms with van der Waals surface area (Å²) in [5.41, 5.74) is 0. The summed E-state index contributed by atoms with van der Waals surface area (Å²) in [4.78, 5) is 22.6. The average molecular weight is 338 g/mol. The van der Waals surface area contributed by atoms with Crippen molar-refractivity contribution in [3.05, 3.63) is 0 Å². The van der Waals surface area contributed by atoms with E-state index in [1.807, 2.05) is 0 Å². The van der Waals surface area contributed by atoms with E-state index in [1.165, 1.54) is 44.9 Å². The van der Waals surface area contributed by atoms with E-state index in [0.717, 1.165) is 11.8 Å². The summed E-state index contributed by atoms with van der Waals surface area (Å²) in [7, 11) is 0. The number of hydrogen-bond acceptors (Lipinski definition) is 3. The first-order chi connectivity index (χ1) is 11.5. The lowest BCUT2D eigenvalue weighted by molar-refractivity contribution is -0.152. The molecule has 3 aliphatic carbocycles. The van der Waals surface area contributed by atoms with Crippen LogP contribution in [0.15, 0.2) is 0 Å². The predicted octanol–water partition coefficient (Wildman–Crippen LogP) is 3.56. The van der Waals surface area contributed by atoms with Gasteiger partial charge in [-0.25, -0.2) is 0 Å². The maximum atomic E-state index is 11.3. The van der Waals surface area contributed by atoms with Crippen LogP contribution in [0, 0.1) is 29.6 Å². The van der Waals surface area contributed by atoms with Gasteiger partial charge in [-0.3, -0.25) is 9.59 Å². The van der Waals surface area contributed by atoms with E-state index < -0.39 is 23.8 Å². The lowest BCUT2D eigenvalue weighted by atomic mass is 9.66. The van der Waals surface area contributed by atoms with E-state index in [1.54, 1.807) is 0 Å². The van der Waals surface area contributed by atoms with Crippen LogP contribution in [0.1, 0.15) is 64.2 Å². The maximum absolute atomic E-state index is 11.3. The Balaban J connectivity index is 1.56. The van der Waals surface area contributed by atoms with Gasteiger partial charge in [0.25, 0.3) is 0 Å². The Labute approximate surface area is 143 Å². The predicted molar refractivity (Wildman–Crippen MR) is 88.6 cm³/mol. The molecule has 3 rings (SSSR count). The van der Waals surface area contributed by atoms with Crippen LogP contribution < -0.4 is 0 Å². The van der Waals surface area contributed by atoms with Gasteiger partial charge in [0.2, 0.25) is 0 Å². The Morgan fingerprint density at radius 1 is 0.833 bits per heavy atom. The van der Waals surface area contributed by atoms with Gasteiger partial charge in [0.15, 0.2) is 0 Å². The number of aliphatic carboxylic acids is 2. The van der Waals surface area contributed by atoms with Crippen LogP contribution in [0.3, 0.4) is 0 Å². The molecule has 0 radical (unpaired) electrons. The number of carboxylic acid groups (broad SMARTS) is 2. The fourth-order valence-corrected chi connectivity index (χ4v) is 5.34. The largest absolute Gasteiger partial charge is 0.481 e. The van der Waals surface area contributed by atoms with Gasteiger partial charge in [-0.15, -0.1) is 0 Å². The summed E-state index contributed by atoms with van der Waals surface area (Å²) in [5.74, 6) is -0.749. The van der Waals surface area contributed by atoms with Crippen molar-refractivity contribution in [3.63, 3.8) is 0 Å². The third-order valence-corrected chi connectivity index (χ3v) is 6.63. The first kappa shape index (κ1) is 17.7. The van der Waals surface area contributed by atoms with E-state index in [0.29, 0.717) is 25.4 Å². The van der Waals surface area contributed by atoms with Crippen LogP contribution in [0.2, 0.25) is 0 Å². The lowest BCUT2D eigenvalue weighted by Crippen LogP contribution is -2.38. The van der Waals surface area contributed by atoms with Crippen LogP contribution in [0.25, 0.3) is 0 Å². The third-order valence-electron chi connectivity index (χ3n) is 6.63. The molecule has 0 amide bonds. The minimum absolute atomic E-state index is 0.218. The number of carboxylic acids is 2. The van der Waals surface area contributed by atoms with Crippen LogP contribution in [0.4, 0.5) is 0 Å². The molecule has 5 heteroatoms. The Morgan fingerprint density at radius 2 is 1.46 bits per heavy atom. The highest BCUT2D eigenvalue weighted by atomic mass is 16.5. The van der Waals surface area contributed by atoms with Gasteiger partial charge >= 0.3 is 11.9 Å². The summed E-state index contributed by atoms with van der Waals surface area (Å²) >= 11 is 0. The lowest BCUT2D eigenvalue weighted by Gasteiger charge is -2.42. The molecule has 3 saturated carbocycles. The number of fused-ring (bicyclic) bond motifs is 1. The minimum Gasteiger partial charge on any atom is -0.481 e. The first-order valence-corrected chi connectivity index (χ1v) is 9.61.